The van der Waals surface area contributed by atoms with Crippen LogP contribution < -0.4 is 14.8 Å². The minimum atomic E-state index is -1.28. The summed E-state index contributed by atoms with van der Waals surface area (Å²) < 4.78 is 29.5. The van der Waals surface area contributed by atoms with Crippen LogP contribution in [0.3, 0.4) is 0 Å². The number of nitrogens with one attached hydrogen (secondary N) is 1. The van der Waals surface area contributed by atoms with E-state index in [0.717, 1.165) is 53.9 Å². The molecule has 1 atom stereocenters. The van der Waals surface area contributed by atoms with Gasteiger partial charge in [-0.3, -0.25) is 9.69 Å². The third kappa shape index (κ3) is 5.56. The maximum absolute atomic E-state index is 14.8. The minimum absolute atomic E-state index is 0.0403. The summed E-state index contributed by atoms with van der Waals surface area (Å²) in [6, 6.07) is 16.2. The van der Waals surface area contributed by atoms with Gasteiger partial charge in [0.1, 0.15) is 11.6 Å². The number of likely N-dealkylation sites (tertiary alicyclic amines) is 1. The van der Waals surface area contributed by atoms with Gasteiger partial charge in [0.25, 0.3) is 5.79 Å². The maximum Gasteiger partial charge on any atom is 0.278 e. The van der Waals surface area contributed by atoms with Crippen molar-refractivity contribution in [1.29, 1.82) is 0 Å². The average molecular weight is 593 g/mol. The van der Waals surface area contributed by atoms with Gasteiger partial charge in [-0.05, 0) is 73.8 Å². The molecule has 3 aromatic carbocycles. The normalized spacial score (nSPS) is 19.0. The van der Waals surface area contributed by atoms with Crippen molar-refractivity contribution in [2.24, 2.45) is 0 Å². The van der Waals surface area contributed by atoms with E-state index in [0.29, 0.717) is 41.7 Å². The first kappa shape index (κ1) is 28.5. The van der Waals surface area contributed by atoms with Crippen molar-refractivity contribution in [2.45, 2.75) is 58.1 Å². The molecule has 2 N–H and O–H groups in total. The first-order chi connectivity index (χ1) is 20.2. The first-order valence-corrected chi connectivity index (χ1v) is 14.6. The Labute approximate surface area is 249 Å². The largest absolute Gasteiger partial charge is 0.444 e. The number of aromatic nitrogens is 2. The van der Waals surface area contributed by atoms with Crippen molar-refractivity contribution in [3.8, 4) is 11.5 Å². The zero-order chi connectivity index (χ0) is 29.4. The second-order valence-electron chi connectivity index (χ2n) is 11.1. The highest BCUT2D eigenvalue weighted by molar-refractivity contribution is 6.30. The Morgan fingerprint density at radius 1 is 1.17 bits per heavy atom. The summed E-state index contributed by atoms with van der Waals surface area (Å²) in [5, 5.41) is 12.9. The third-order valence-corrected chi connectivity index (χ3v) is 8.44. The molecule has 3 heterocycles. The molecule has 8 nitrogen and oxygen atoms in total. The molecular formula is C32H34ClFN4O4. The molecule has 0 radical (unpaired) electrons. The van der Waals surface area contributed by atoms with Crippen LogP contribution in [0.15, 0.2) is 54.6 Å². The Morgan fingerprint density at radius 2 is 1.98 bits per heavy atom. The number of imidazole rings is 1. The van der Waals surface area contributed by atoms with Gasteiger partial charge < -0.3 is 24.5 Å². The average Bonchev–Trinajstić information content (AvgIpc) is 3.49. The van der Waals surface area contributed by atoms with Crippen molar-refractivity contribution in [2.75, 3.05) is 19.6 Å². The fourth-order valence-electron chi connectivity index (χ4n) is 6.07. The molecule has 0 bridgehead atoms. The van der Waals surface area contributed by atoms with Crippen LogP contribution in [0, 0.1) is 5.82 Å². The summed E-state index contributed by atoms with van der Waals surface area (Å²) in [5.41, 5.74) is 4.03. The monoisotopic (exact) mass is 592 g/mol. The first-order valence-electron chi connectivity index (χ1n) is 14.3. The predicted octanol–water partition coefficient (Wildman–Crippen LogP) is 5.48. The number of carbonyl (C=O) groups excluding carboxylic acids is 1. The second kappa shape index (κ2) is 11.6. The van der Waals surface area contributed by atoms with Crippen LogP contribution in [-0.2, 0) is 30.3 Å². The Hall–Kier alpha value is -3.66. The second-order valence-corrected chi connectivity index (χ2v) is 11.6. The van der Waals surface area contributed by atoms with Gasteiger partial charge in [-0.25, -0.2) is 9.37 Å². The van der Waals surface area contributed by atoms with E-state index in [4.69, 9.17) is 26.1 Å². The molecule has 0 saturated carbocycles. The molecule has 1 aromatic heterocycles. The maximum atomic E-state index is 14.8. The number of hydrogen-bond donors (Lipinski definition) is 2. The molecule has 0 aliphatic carbocycles. The standard InChI is InChI=1S/C32H34ClFN4O4/c1-20(40)35-12-15-38-28-16-21(19-39)6-9-27(28)36-30(38)18-37-13-10-22(11-14-37)24-4-3-5-29-31(24)42-32(2,41-29)25-8-7-23(33)17-26(25)34/h3-9,16-17,22,39H,10-15,18-19H2,1-2H3,(H,35,40). The molecule has 42 heavy (non-hydrogen) atoms. The zero-order valence-electron chi connectivity index (χ0n) is 23.7. The number of rotatable bonds is 8. The number of hydrogen-bond acceptors (Lipinski definition) is 6. The lowest BCUT2D eigenvalue weighted by Gasteiger charge is -2.32. The summed E-state index contributed by atoms with van der Waals surface area (Å²) in [5.74, 6) is 0.668. The van der Waals surface area contributed by atoms with Gasteiger partial charge in [0.2, 0.25) is 5.91 Å². The Bertz CT molecular complexity index is 1630. The number of piperidine rings is 1. The lowest BCUT2D eigenvalue weighted by Crippen LogP contribution is -2.34. The number of para-hydroxylation sites is 1. The van der Waals surface area contributed by atoms with Crippen LogP contribution in [0.1, 0.15) is 55.1 Å². The van der Waals surface area contributed by atoms with E-state index >= 15 is 0 Å². The van der Waals surface area contributed by atoms with E-state index < -0.39 is 11.6 Å². The van der Waals surface area contributed by atoms with Gasteiger partial charge in [0.15, 0.2) is 11.5 Å². The van der Waals surface area contributed by atoms with E-state index in [-0.39, 0.29) is 18.4 Å². The van der Waals surface area contributed by atoms with Crippen LogP contribution in [0.2, 0.25) is 5.02 Å². The molecule has 6 rings (SSSR count). The van der Waals surface area contributed by atoms with Crippen LogP contribution in [0.5, 0.6) is 11.5 Å². The number of aliphatic hydroxyl groups is 1. The summed E-state index contributed by atoms with van der Waals surface area (Å²) in [6.45, 7) is 6.71. The molecule has 220 valence electrons. The quantitative estimate of drug-likeness (QED) is 0.282. The molecule has 2 aliphatic rings. The highest BCUT2D eigenvalue weighted by atomic mass is 35.5. The van der Waals surface area contributed by atoms with Crippen LogP contribution in [0.25, 0.3) is 11.0 Å². The van der Waals surface area contributed by atoms with Crippen LogP contribution in [0.4, 0.5) is 4.39 Å². The summed E-state index contributed by atoms with van der Waals surface area (Å²) in [7, 11) is 0. The summed E-state index contributed by atoms with van der Waals surface area (Å²) in [4.78, 5) is 18.8. The topological polar surface area (TPSA) is 88.9 Å². The fourth-order valence-corrected chi connectivity index (χ4v) is 6.23. The lowest BCUT2D eigenvalue weighted by molar-refractivity contribution is -0.119. The van der Waals surface area contributed by atoms with Gasteiger partial charge in [-0.2, -0.15) is 0 Å². The smallest absolute Gasteiger partial charge is 0.278 e. The molecule has 1 amide bonds. The van der Waals surface area contributed by atoms with Gasteiger partial charge in [-0.1, -0.05) is 29.8 Å². The Balaban J connectivity index is 1.17. The van der Waals surface area contributed by atoms with Gasteiger partial charge in [-0.15, -0.1) is 0 Å². The Morgan fingerprint density at radius 3 is 2.71 bits per heavy atom. The van der Waals surface area contributed by atoms with Crippen molar-refractivity contribution >= 4 is 28.5 Å². The zero-order valence-corrected chi connectivity index (χ0v) is 24.5. The molecule has 1 unspecified atom stereocenters. The predicted molar refractivity (Wildman–Crippen MR) is 158 cm³/mol. The number of amides is 1. The van der Waals surface area contributed by atoms with Crippen LogP contribution >= 0.6 is 11.6 Å². The highest BCUT2D eigenvalue weighted by Gasteiger charge is 2.43. The van der Waals surface area contributed by atoms with E-state index in [1.54, 1.807) is 19.1 Å². The number of aliphatic hydroxyl groups excluding tert-OH is 1. The van der Waals surface area contributed by atoms with E-state index in [1.165, 1.54) is 13.0 Å². The SMILES string of the molecule is CC(=O)NCCn1c(CN2CCC(c3cccc4c3OC(C)(c3ccc(Cl)cc3F)O4)CC2)nc2ccc(CO)cc21. The summed E-state index contributed by atoms with van der Waals surface area (Å²) in [6.07, 6.45) is 1.85. The number of carbonyl (C=O) groups is 1. The van der Waals surface area contributed by atoms with Crippen molar-refractivity contribution in [3.63, 3.8) is 0 Å². The van der Waals surface area contributed by atoms with Crippen molar-refractivity contribution in [1.82, 2.24) is 19.8 Å². The lowest BCUT2D eigenvalue weighted by atomic mass is 9.88. The minimum Gasteiger partial charge on any atom is -0.444 e. The van der Waals surface area contributed by atoms with Crippen molar-refractivity contribution in [3.05, 3.63) is 88.0 Å². The van der Waals surface area contributed by atoms with E-state index in [9.17, 15) is 14.3 Å². The van der Waals surface area contributed by atoms with Gasteiger partial charge in [0.05, 0.1) is 29.7 Å². The molecule has 1 saturated heterocycles. The number of nitrogens with zero attached hydrogens (tertiary/aromatic N) is 3. The molecular weight excluding hydrogens is 559 g/mol. The number of ether oxygens (including phenoxy) is 2. The van der Waals surface area contributed by atoms with Crippen LogP contribution in [-0.4, -0.2) is 45.1 Å². The molecule has 10 heteroatoms. The number of benzene rings is 3. The highest BCUT2D eigenvalue weighted by Crippen LogP contribution is 2.49. The van der Waals surface area contributed by atoms with E-state index in [2.05, 4.69) is 20.9 Å². The molecule has 2 aliphatic heterocycles. The summed E-state index contributed by atoms with van der Waals surface area (Å²) >= 11 is 5.97. The molecule has 0 spiro atoms. The van der Waals surface area contributed by atoms with Gasteiger partial charge >= 0.3 is 0 Å². The van der Waals surface area contributed by atoms with E-state index in [1.807, 2.05) is 30.3 Å². The Kier molecular flexibility index (Phi) is 7.83. The molecule has 1 fully saturated rings. The molecule has 4 aromatic rings. The van der Waals surface area contributed by atoms with Crippen molar-refractivity contribution < 1.29 is 23.8 Å². The third-order valence-electron chi connectivity index (χ3n) is 8.21. The number of fused-ring (bicyclic) bond motifs is 2. The number of halogens is 2. The fraction of sp³-hybridized carbons (Fsp3) is 0.375. The van der Waals surface area contributed by atoms with Gasteiger partial charge in [0, 0.05) is 37.5 Å².